The van der Waals surface area contributed by atoms with Crippen molar-refractivity contribution in [3.05, 3.63) is 11.7 Å². The number of ether oxygens (including phenoxy) is 2. The highest BCUT2D eigenvalue weighted by Crippen LogP contribution is 2.37. The van der Waals surface area contributed by atoms with Crippen molar-refractivity contribution in [1.29, 1.82) is 0 Å². The maximum Gasteiger partial charge on any atom is 0.232 e. The Bertz CT molecular complexity index is 428. The van der Waals surface area contributed by atoms with Crippen LogP contribution < -0.4 is 0 Å². The lowest BCUT2D eigenvalue weighted by Gasteiger charge is -2.32. The smallest absolute Gasteiger partial charge is 0.232 e. The maximum atomic E-state index is 9.90. The fraction of sp³-hybridized carbons (Fsp3) is 0.846. The van der Waals surface area contributed by atoms with Crippen LogP contribution >= 0.6 is 0 Å². The van der Waals surface area contributed by atoms with Crippen LogP contribution in [0.2, 0.25) is 0 Å². The third kappa shape index (κ3) is 2.28. The van der Waals surface area contributed by atoms with E-state index in [1.165, 1.54) is 0 Å². The maximum absolute atomic E-state index is 9.90. The van der Waals surface area contributed by atoms with Gasteiger partial charge in [-0.3, -0.25) is 0 Å². The molecule has 2 unspecified atom stereocenters. The van der Waals surface area contributed by atoms with Crippen molar-refractivity contribution >= 4 is 0 Å². The molecule has 1 saturated carbocycles. The summed E-state index contributed by atoms with van der Waals surface area (Å²) >= 11 is 0. The standard InChI is InChI=1S/C13H20N2O4/c1-17-13(5-7-18-8-6-13)12-14-11(19-15-12)9-3-2-4-10(9)16/h9-10,16H,2-8H2,1H3. The van der Waals surface area contributed by atoms with E-state index >= 15 is 0 Å². The summed E-state index contributed by atoms with van der Waals surface area (Å²) in [6.07, 6.45) is 3.83. The molecule has 1 N–H and O–H groups in total. The molecule has 0 bridgehead atoms. The molecular formula is C13H20N2O4. The number of rotatable bonds is 3. The summed E-state index contributed by atoms with van der Waals surface area (Å²) in [6, 6.07) is 0. The predicted molar refractivity (Wildman–Crippen MR) is 65.6 cm³/mol. The molecule has 0 amide bonds. The molecule has 1 saturated heterocycles. The van der Waals surface area contributed by atoms with Crippen molar-refractivity contribution in [2.24, 2.45) is 0 Å². The van der Waals surface area contributed by atoms with E-state index in [4.69, 9.17) is 14.0 Å². The molecule has 2 fully saturated rings. The summed E-state index contributed by atoms with van der Waals surface area (Å²) in [4.78, 5) is 4.49. The Hall–Kier alpha value is -0.980. The predicted octanol–water partition coefficient (Wildman–Crippen LogP) is 1.35. The monoisotopic (exact) mass is 268 g/mol. The first-order chi connectivity index (χ1) is 9.25. The molecule has 106 valence electrons. The number of hydrogen-bond acceptors (Lipinski definition) is 6. The second-order valence-corrected chi connectivity index (χ2v) is 5.37. The zero-order valence-corrected chi connectivity index (χ0v) is 11.2. The lowest BCUT2D eigenvalue weighted by Crippen LogP contribution is -2.36. The molecule has 1 aliphatic heterocycles. The molecule has 1 aliphatic carbocycles. The average Bonchev–Trinajstić information content (AvgIpc) is 3.08. The first kappa shape index (κ1) is 13.0. The molecule has 0 radical (unpaired) electrons. The van der Waals surface area contributed by atoms with Gasteiger partial charge in [-0.2, -0.15) is 4.98 Å². The summed E-state index contributed by atoms with van der Waals surface area (Å²) in [5, 5.41) is 14.0. The summed E-state index contributed by atoms with van der Waals surface area (Å²) in [5.41, 5.74) is -0.496. The van der Waals surface area contributed by atoms with Gasteiger partial charge in [0.15, 0.2) is 0 Å². The minimum absolute atomic E-state index is 0.0185. The van der Waals surface area contributed by atoms with Gasteiger partial charge in [-0.25, -0.2) is 0 Å². The molecule has 2 atom stereocenters. The molecule has 6 nitrogen and oxygen atoms in total. The molecule has 0 aromatic carbocycles. The van der Waals surface area contributed by atoms with Gasteiger partial charge in [-0.15, -0.1) is 0 Å². The molecule has 19 heavy (non-hydrogen) atoms. The molecule has 1 aromatic heterocycles. The Morgan fingerprint density at radius 1 is 1.32 bits per heavy atom. The molecule has 3 rings (SSSR count). The van der Waals surface area contributed by atoms with Crippen LogP contribution in [-0.2, 0) is 15.1 Å². The topological polar surface area (TPSA) is 77.6 Å². The minimum Gasteiger partial charge on any atom is -0.392 e. The van der Waals surface area contributed by atoms with E-state index in [0.29, 0.717) is 24.9 Å². The Kier molecular flexibility index (Phi) is 3.56. The molecular weight excluding hydrogens is 248 g/mol. The number of methoxy groups -OCH3 is 1. The molecule has 6 heteroatoms. The lowest BCUT2D eigenvalue weighted by atomic mass is 9.93. The zero-order chi connectivity index (χ0) is 13.3. The number of hydrogen-bond donors (Lipinski definition) is 1. The second-order valence-electron chi connectivity index (χ2n) is 5.37. The van der Waals surface area contributed by atoms with Crippen molar-refractivity contribution in [3.8, 4) is 0 Å². The summed E-state index contributed by atoms with van der Waals surface area (Å²) in [7, 11) is 1.67. The molecule has 2 heterocycles. The van der Waals surface area contributed by atoms with E-state index in [1.54, 1.807) is 7.11 Å². The number of nitrogens with zero attached hydrogens (tertiary/aromatic N) is 2. The molecule has 1 aromatic rings. The van der Waals surface area contributed by atoms with Crippen LogP contribution in [0.25, 0.3) is 0 Å². The lowest BCUT2D eigenvalue weighted by molar-refractivity contribution is -0.101. The highest BCUT2D eigenvalue weighted by molar-refractivity contribution is 5.07. The Balaban J connectivity index is 1.83. The third-order valence-corrected chi connectivity index (χ3v) is 4.34. The van der Waals surface area contributed by atoms with E-state index in [9.17, 15) is 5.11 Å². The second kappa shape index (κ2) is 5.19. The Labute approximate surface area is 112 Å². The summed E-state index contributed by atoms with van der Waals surface area (Å²) < 4.78 is 16.4. The highest BCUT2D eigenvalue weighted by atomic mass is 16.5. The van der Waals surface area contributed by atoms with Crippen molar-refractivity contribution in [1.82, 2.24) is 10.1 Å². The average molecular weight is 268 g/mol. The summed E-state index contributed by atoms with van der Waals surface area (Å²) in [5.74, 6) is 1.12. The van der Waals surface area contributed by atoms with E-state index in [2.05, 4.69) is 10.1 Å². The third-order valence-electron chi connectivity index (χ3n) is 4.34. The van der Waals surface area contributed by atoms with Crippen LogP contribution in [0, 0.1) is 0 Å². The van der Waals surface area contributed by atoms with Gasteiger partial charge in [0.2, 0.25) is 11.7 Å². The van der Waals surface area contributed by atoms with E-state index in [-0.39, 0.29) is 12.0 Å². The SMILES string of the molecule is COC1(c2noc(C3CCCC3O)n2)CCOCC1. The highest BCUT2D eigenvalue weighted by Gasteiger charge is 2.40. The zero-order valence-electron chi connectivity index (χ0n) is 11.2. The Morgan fingerprint density at radius 3 is 2.74 bits per heavy atom. The quantitative estimate of drug-likeness (QED) is 0.891. The molecule has 0 spiro atoms. The van der Waals surface area contributed by atoms with Crippen LogP contribution in [0.15, 0.2) is 4.52 Å². The summed E-state index contributed by atoms with van der Waals surface area (Å²) in [6.45, 7) is 1.29. The van der Waals surface area contributed by atoms with Gasteiger partial charge in [0.25, 0.3) is 0 Å². The van der Waals surface area contributed by atoms with Crippen molar-refractivity contribution in [3.63, 3.8) is 0 Å². The Morgan fingerprint density at radius 2 is 2.11 bits per heavy atom. The fourth-order valence-electron chi connectivity index (χ4n) is 3.02. The van der Waals surface area contributed by atoms with Crippen molar-refractivity contribution in [2.45, 2.75) is 49.7 Å². The van der Waals surface area contributed by atoms with Crippen LogP contribution in [0.1, 0.15) is 49.7 Å². The minimum atomic E-state index is -0.496. The molecule has 2 aliphatic rings. The van der Waals surface area contributed by atoms with Crippen LogP contribution in [0.5, 0.6) is 0 Å². The van der Waals surface area contributed by atoms with Crippen LogP contribution in [-0.4, -0.2) is 41.7 Å². The normalized spacial score (nSPS) is 30.6. The fourth-order valence-corrected chi connectivity index (χ4v) is 3.02. The number of aliphatic hydroxyl groups is 1. The first-order valence-electron chi connectivity index (χ1n) is 6.90. The van der Waals surface area contributed by atoms with E-state index in [0.717, 1.165) is 32.1 Å². The van der Waals surface area contributed by atoms with E-state index in [1.807, 2.05) is 0 Å². The number of aromatic nitrogens is 2. The van der Waals surface area contributed by atoms with Gasteiger partial charge in [-0.1, -0.05) is 5.16 Å². The van der Waals surface area contributed by atoms with Gasteiger partial charge in [0.05, 0.1) is 12.0 Å². The van der Waals surface area contributed by atoms with Gasteiger partial charge >= 0.3 is 0 Å². The van der Waals surface area contributed by atoms with Crippen molar-refractivity contribution < 1.29 is 19.1 Å². The van der Waals surface area contributed by atoms with Gasteiger partial charge < -0.3 is 19.1 Å². The van der Waals surface area contributed by atoms with Crippen molar-refractivity contribution in [2.75, 3.05) is 20.3 Å². The van der Waals surface area contributed by atoms with Gasteiger partial charge in [-0.05, 0) is 19.3 Å². The largest absolute Gasteiger partial charge is 0.392 e. The van der Waals surface area contributed by atoms with Crippen LogP contribution in [0.3, 0.4) is 0 Å². The van der Waals surface area contributed by atoms with E-state index < -0.39 is 5.60 Å². The number of aliphatic hydroxyl groups excluding tert-OH is 1. The first-order valence-corrected chi connectivity index (χ1v) is 6.90. The van der Waals surface area contributed by atoms with Crippen LogP contribution in [0.4, 0.5) is 0 Å². The van der Waals surface area contributed by atoms with Gasteiger partial charge in [0, 0.05) is 33.2 Å². The van der Waals surface area contributed by atoms with Gasteiger partial charge in [0.1, 0.15) is 5.60 Å².